The molecular formula is C18H17FN2O7. The van der Waals surface area contributed by atoms with E-state index in [1.807, 2.05) is 0 Å². The number of hydrogen-bond acceptors (Lipinski definition) is 7. The van der Waals surface area contributed by atoms with Crippen LogP contribution in [0.5, 0.6) is 11.5 Å². The van der Waals surface area contributed by atoms with Gasteiger partial charge in [-0.05, 0) is 24.6 Å². The van der Waals surface area contributed by atoms with E-state index in [0.717, 1.165) is 6.07 Å². The number of nitro groups is 1. The fourth-order valence-electron chi connectivity index (χ4n) is 2.19. The Morgan fingerprint density at radius 3 is 2.61 bits per heavy atom. The second-order valence-electron chi connectivity index (χ2n) is 5.55. The number of benzene rings is 2. The third-order valence-electron chi connectivity index (χ3n) is 3.51. The molecule has 148 valence electrons. The Balaban J connectivity index is 1.88. The number of rotatable bonds is 8. The summed E-state index contributed by atoms with van der Waals surface area (Å²) in [5.41, 5.74) is 0.472. The number of nitrogens with one attached hydrogen (secondary N) is 1. The summed E-state index contributed by atoms with van der Waals surface area (Å²) in [7, 11) is 1.27. The lowest BCUT2D eigenvalue weighted by Crippen LogP contribution is -2.24. The molecule has 0 radical (unpaired) electrons. The molecule has 0 saturated carbocycles. The number of carbonyl (C=O) groups excluding carboxylic acids is 2. The summed E-state index contributed by atoms with van der Waals surface area (Å²) in [5, 5.41) is 13.5. The predicted molar refractivity (Wildman–Crippen MR) is 95.9 cm³/mol. The van der Waals surface area contributed by atoms with Gasteiger partial charge in [0, 0.05) is 23.9 Å². The van der Waals surface area contributed by atoms with Gasteiger partial charge in [0.05, 0.1) is 12.0 Å². The number of nitro benzene ring substituents is 1. The maximum atomic E-state index is 13.0. The molecule has 0 unspecified atom stereocenters. The van der Waals surface area contributed by atoms with E-state index in [9.17, 15) is 24.1 Å². The lowest BCUT2D eigenvalue weighted by molar-refractivity contribution is -0.385. The van der Waals surface area contributed by atoms with Gasteiger partial charge in [0.25, 0.3) is 5.91 Å². The minimum absolute atomic E-state index is 0.0219. The van der Waals surface area contributed by atoms with Crippen LogP contribution in [0.2, 0.25) is 0 Å². The van der Waals surface area contributed by atoms with E-state index in [2.05, 4.69) is 5.32 Å². The number of carbonyl (C=O) groups is 2. The highest BCUT2D eigenvalue weighted by molar-refractivity contribution is 5.94. The fourth-order valence-corrected chi connectivity index (χ4v) is 2.19. The van der Waals surface area contributed by atoms with Crippen molar-refractivity contribution in [2.75, 3.05) is 25.6 Å². The molecule has 0 aliphatic carbocycles. The number of amides is 1. The summed E-state index contributed by atoms with van der Waals surface area (Å²) in [5.74, 6) is -1.86. The minimum Gasteiger partial charge on any atom is -0.490 e. The Morgan fingerprint density at radius 1 is 1.21 bits per heavy atom. The smallest absolute Gasteiger partial charge is 0.344 e. The monoisotopic (exact) mass is 392 g/mol. The van der Waals surface area contributed by atoms with Crippen molar-refractivity contribution in [3.63, 3.8) is 0 Å². The molecule has 0 atom stereocenters. The molecular weight excluding hydrogens is 375 g/mol. The molecule has 2 aromatic rings. The van der Waals surface area contributed by atoms with Gasteiger partial charge in [-0.2, -0.15) is 0 Å². The summed E-state index contributed by atoms with van der Waals surface area (Å²) in [4.78, 5) is 34.0. The van der Waals surface area contributed by atoms with Crippen LogP contribution in [0.1, 0.15) is 5.56 Å². The fraction of sp³-hybridized carbons (Fsp3) is 0.222. The predicted octanol–water partition coefficient (Wildman–Crippen LogP) is 2.61. The maximum absolute atomic E-state index is 13.0. The van der Waals surface area contributed by atoms with Crippen LogP contribution in [0.3, 0.4) is 0 Å². The average molecular weight is 392 g/mol. The Bertz CT molecular complexity index is 901. The van der Waals surface area contributed by atoms with Crippen molar-refractivity contribution in [1.82, 2.24) is 0 Å². The van der Waals surface area contributed by atoms with Crippen LogP contribution in [0.4, 0.5) is 15.8 Å². The van der Waals surface area contributed by atoms with Crippen molar-refractivity contribution in [2.24, 2.45) is 0 Å². The van der Waals surface area contributed by atoms with Crippen molar-refractivity contribution in [1.29, 1.82) is 0 Å². The third kappa shape index (κ3) is 5.66. The lowest BCUT2D eigenvalue weighted by Gasteiger charge is -2.11. The minimum atomic E-state index is -0.822. The zero-order valence-corrected chi connectivity index (χ0v) is 15.1. The highest BCUT2D eigenvalue weighted by atomic mass is 19.1. The number of hydrogen-bond donors (Lipinski definition) is 1. The number of aryl methyl sites for hydroxylation is 1. The lowest BCUT2D eigenvalue weighted by atomic mass is 10.1. The standard InChI is InChI=1S/C18H17FN2O7/c1-11-6-15(21(24)25)16(26-2)8-14(11)20-17(22)9-28-18(23)10-27-13-5-3-4-12(19)7-13/h3-8H,9-10H2,1-2H3,(H,20,22). The second kappa shape index (κ2) is 9.31. The third-order valence-corrected chi connectivity index (χ3v) is 3.51. The molecule has 1 N–H and O–H groups in total. The van der Waals surface area contributed by atoms with Crippen LogP contribution in [-0.2, 0) is 14.3 Å². The van der Waals surface area contributed by atoms with E-state index in [1.54, 1.807) is 6.92 Å². The van der Waals surface area contributed by atoms with Crippen LogP contribution < -0.4 is 14.8 Å². The first-order valence-corrected chi connectivity index (χ1v) is 7.97. The molecule has 0 bridgehead atoms. The maximum Gasteiger partial charge on any atom is 0.344 e. The van der Waals surface area contributed by atoms with Gasteiger partial charge in [-0.3, -0.25) is 14.9 Å². The molecule has 2 aromatic carbocycles. The summed E-state index contributed by atoms with van der Waals surface area (Å²) in [6.45, 7) is 0.478. The number of esters is 1. The van der Waals surface area contributed by atoms with Crippen LogP contribution in [-0.4, -0.2) is 37.1 Å². The molecule has 10 heteroatoms. The SMILES string of the molecule is COc1cc(NC(=O)COC(=O)COc2cccc(F)c2)c(C)cc1[N+](=O)[O-]. The quantitative estimate of drug-likeness (QED) is 0.417. The number of methoxy groups -OCH3 is 1. The van der Waals surface area contributed by atoms with Crippen LogP contribution in [0.25, 0.3) is 0 Å². The molecule has 0 aliphatic heterocycles. The van der Waals surface area contributed by atoms with E-state index in [4.69, 9.17) is 14.2 Å². The highest BCUT2D eigenvalue weighted by Crippen LogP contribution is 2.32. The van der Waals surface area contributed by atoms with Gasteiger partial charge in [-0.25, -0.2) is 9.18 Å². The van der Waals surface area contributed by atoms with E-state index in [1.165, 1.54) is 37.4 Å². The highest BCUT2D eigenvalue weighted by Gasteiger charge is 2.18. The van der Waals surface area contributed by atoms with Gasteiger partial charge < -0.3 is 19.5 Å². The molecule has 0 fully saturated rings. The number of nitrogens with zero attached hydrogens (tertiary/aromatic N) is 1. The molecule has 0 spiro atoms. The molecule has 0 heterocycles. The van der Waals surface area contributed by atoms with Gasteiger partial charge in [0.1, 0.15) is 11.6 Å². The van der Waals surface area contributed by atoms with Gasteiger partial charge in [0.15, 0.2) is 19.0 Å². The van der Waals surface area contributed by atoms with E-state index < -0.39 is 35.8 Å². The molecule has 0 aromatic heterocycles. The molecule has 1 amide bonds. The second-order valence-corrected chi connectivity index (χ2v) is 5.55. The van der Waals surface area contributed by atoms with Gasteiger partial charge >= 0.3 is 11.7 Å². The zero-order chi connectivity index (χ0) is 20.7. The van der Waals surface area contributed by atoms with Crippen molar-refractivity contribution >= 4 is 23.3 Å². The molecule has 0 aliphatic rings. The molecule has 0 saturated heterocycles. The normalized spacial score (nSPS) is 10.1. The Kier molecular flexibility index (Phi) is 6.85. The largest absolute Gasteiger partial charge is 0.490 e. The Labute approximate surface area is 159 Å². The molecule has 28 heavy (non-hydrogen) atoms. The van der Waals surface area contributed by atoms with Crippen LogP contribution in [0, 0.1) is 22.9 Å². The van der Waals surface area contributed by atoms with Gasteiger partial charge in [0.2, 0.25) is 0 Å². The van der Waals surface area contributed by atoms with Gasteiger partial charge in [-0.1, -0.05) is 6.07 Å². The first kappa shape index (κ1) is 20.6. The van der Waals surface area contributed by atoms with Gasteiger partial charge in [-0.15, -0.1) is 0 Å². The van der Waals surface area contributed by atoms with E-state index in [0.29, 0.717) is 5.56 Å². The topological polar surface area (TPSA) is 117 Å². The summed E-state index contributed by atoms with van der Waals surface area (Å²) < 4.78 is 27.8. The Morgan fingerprint density at radius 2 is 1.96 bits per heavy atom. The summed E-state index contributed by atoms with van der Waals surface area (Å²) in [6, 6.07) is 7.78. The average Bonchev–Trinajstić information content (AvgIpc) is 2.66. The first-order valence-electron chi connectivity index (χ1n) is 7.97. The van der Waals surface area contributed by atoms with Crippen molar-refractivity contribution in [3.8, 4) is 11.5 Å². The number of ether oxygens (including phenoxy) is 3. The first-order chi connectivity index (χ1) is 13.3. The van der Waals surface area contributed by atoms with Crippen molar-refractivity contribution in [3.05, 3.63) is 57.9 Å². The van der Waals surface area contributed by atoms with Crippen molar-refractivity contribution in [2.45, 2.75) is 6.92 Å². The Hall–Kier alpha value is -3.69. The van der Waals surface area contributed by atoms with Crippen LogP contribution in [0.15, 0.2) is 36.4 Å². The molecule has 9 nitrogen and oxygen atoms in total. The molecule has 2 rings (SSSR count). The van der Waals surface area contributed by atoms with Crippen LogP contribution >= 0.6 is 0 Å². The number of anilines is 1. The van der Waals surface area contributed by atoms with Crippen molar-refractivity contribution < 1.29 is 33.1 Å². The number of halogens is 1. The zero-order valence-electron chi connectivity index (χ0n) is 15.1. The summed E-state index contributed by atoms with van der Waals surface area (Å²) >= 11 is 0. The van der Waals surface area contributed by atoms with E-state index >= 15 is 0 Å². The van der Waals surface area contributed by atoms with E-state index in [-0.39, 0.29) is 22.9 Å². The summed E-state index contributed by atoms with van der Waals surface area (Å²) in [6.07, 6.45) is 0.